The molecule has 0 spiro atoms. The van der Waals surface area contributed by atoms with Crippen LogP contribution in [0.4, 0.5) is 0 Å². The largest absolute Gasteiger partial charge is 0.363 e. The standard InChI is InChI=1S/C16H21N3S2/c1-2-10-17-16(20)19-11-6-5-8-13(19)15-18-12-7-3-4-9-14(12)21-15/h3-4,7,9,13H,2,5-6,8,10-11H2,1H3,(H,17,20)/t13-/m1/s1. The molecular formula is C16H21N3S2. The highest BCUT2D eigenvalue weighted by molar-refractivity contribution is 7.80. The van der Waals surface area contributed by atoms with E-state index in [2.05, 4.69) is 41.4 Å². The van der Waals surface area contributed by atoms with Crippen molar-refractivity contribution >= 4 is 38.9 Å². The van der Waals surface area contributed by atoms with Crippen molar-refractivity contribution in [2.45, 2.75) is 38.6 Å². The van der Waals surface area contributed by atoms with E-state index >= 15 is 0 Å². The van der Waals surface area contributed by atoms with Crippen molar-refractivity contribution in [2.24, 2.45) is 0 Å². The van der Waals surface area contributed by atoms with Crippen LogP contribution in [0.5, 0.6) is 0 Å². The Hall–Kier alpha value is -1.20. The van der Waals surface area contributed by atoms with Crippen molar-refractivity contribution in [1.29, 1.82) is 0 Å². The van der Waals surface area contributed by atoms with Gasteiger partial charge >= 0.3 is 0 Å². The van der Waals surface area contributed by atoms with E-state index in [1.54, 1.807) is 0 Å². The number of thiocarbonyl (C=S) groups is 1. The fourth-order valence-corrected chi connectivity index (χ4v) is 4.23. The summed E-state index contributed by atoms with van der Waals surface area (Å²) in [5.74, 6) is 0. The van der Waals surface area contributed by atoms with Crippen molar-refractivity contribution in [1.82, 2.24) is 15.2 Å². The van der Waals surface area contributed by atoms with E-state index in [1.165, 1.54) is 22.5 Å². The van der Waals surface area contributed by atoms with Gasteiger partial charge in [0.25, 0.3) is 0 Å². The molecule has 112 valence electrons. The predicted octanol–water partition coefficient (Wildman–Crippen LogP) is 4.11. The lowest BCUT2D eigenvalue weighted by Crippen LogP contribution is -2.44. The minimum atomic E-state index is 0.341. The van der Waals surface area contributed by atoms with E-state index in [1.807, 2.05) is 11.3 Å². The zero-order chi connectivity index (χ0) is 14.7. The van der Waals surface area contributed by atoms with Gasteiger partial charge in [0, 0.05) is 13.1 Å². The van der Waals surface area contributed by atoms with Gasteiger partial charge < -0.3 is 10.2 Å². The molecule has 1 N–H and O–H groups in total. The number of rotatable bonds is 3. The summed E-state index contributed by atoms with van der Waals surface area (Å²) in [6.07, 6.45) is 4.72. The van der Waals surface area contributed by atoms with Crippen LogP contribution in [0.2, 0.25) is 0 Å². The number of nitrogens with one attached hydrogen (secondary N) is 1. The second-order valence-electron chi connectivity index (χ2n) is 5.46. The zero-order valence-electron chi connectivity index (χ0n) is 12.3. The van der Waals surface area contributed by atoms with E-state index < -0.39 is 0 Å². The summed E-state index contributed by atoms with van der Waals surface area (Å²) >= 11 is 7.40. The quantitative estimate of drug-likeness (QED) is 0.862. The second kappa shape index (κ2) is 6.71. The van der Waals surface area contributed by atoms with E-state index in [4.69, 9.17) is 17.2 Å². The molecule has 1 atom stereocenters. The first-order valence-corrected chi connectivity index (χ1v) is 8.92. The second-order valence-corrected chi connectivity index (χ2v) is 6.91. The van der Waals surface area contributed by atoms with E-state index in [0.717, 1.165) is 36.6 Å². The first-order chi connectivity index (χ1) is 10.3. The van der Waals surface area contributed by atoms with Crippen LogP contribution in [0.15, 0.2) is 24.3 Å². The molecule has 3 rings (SSSR count). The van der Waals surface area contributed by atoms with Gasteiger partial charge in [-0.1, -0.05) is 19.1 Å². The first kappa shape index (κ1) is 14.7. The van der Waals surface area contributed by atoms with Gasteiger partial charge in [-0.15, -0.1) is 11.3 Å². The van der Waals surface area contributed by atoms with E-state index in [0.29, 0.717) is 6.04 Å². The lowest BCUT2D eigenvalue weighted by atomic mass is 10.0. The smallest absolute Gasteiger partial charge is 0.169 e. The van der Waals surface area contributed by atoms with Crippen LogP contribution < -0.4 is 5.32 Å². The van der Waals surface area contributed by atoms with E-state index in [-0.39, 0.29) is 0 Å². The Morgan fingerprint density at radius 3 is 3.10 bits per heavy atom. The van der Waals surface area contributed by atoms with Crippen LogP contribution >= 0.6 is 23.6 Å². The minimum absolute atomic E-state index is 0.341. The van der Waals surface area contributed by atoms with Gasteiger partial charge in [-0.05, 0) is 50.0 Å². The number of thiazole rings is 1. The van der Waals surface area contributed by atoms with Crippen LogP contribution in [0.1, 0.15) is 43.7 Å². The van der Waals surface area contributed by atoms with Gasteiger partial charge in [-0.2, -0.15) is 0 Å². The molecule has 2 heterocycles. The number of hydrogen-bond acceptors (Lipinski definition) is 3. The van der Waals surface area contributed by atoms with Crippen molar-refractivity contribution in [3.8, 4) is 0 Å². The molecule has 1 aliphatic heterocycles. The lowest BCUT2D eigenvalue weighted by molar-refractivity contribution is 0.242. The van der Waals surface area contributed by atoms with Gasteiger partial charge in [0.15, 0.2) is 5.11 Å². The molecule has 0 unspecified atom stereocenters. The zero-order valence-corrected chi connectivity index (χ0v) is 14.0. The third-order valence-electron chi connectivity index (χ3n) is 3.89. The summed E-state index contributed by atoms with van der Waals surface area (Å²) in [6, 6.07) is 8.72. The summed E-state index contributed by atoms with van der Waals surface area (Å²) in [6.45, 7) is 4.15. The molecule has 3 nitrogen and oxygen atoms in total. The summed E-state index contributed by atoms with van der Waals surface area (Å²) < 4.78 is 1.27. The number of likely N-dealkylation sites (tertiary alicyclic amines) is 1. The number of para-hydroxylation sites is 1. The Kier molecular flexibility index (Phi) is 4.70. The van der Waals surface area contributed by atoms with Gasteiger partial charge in [0.2, 0.25) is 0 Å². The molecule has 1 aromatic carbocycles. The lowest BCUT2D eigenvalue weighted by Gasteiger charge is -2.36. The third-order valence-corrected chi connectivity index (χ3v) is 5.40. The van der Waals surface area contributed by atoms with Crippen molar-refractivity contribution in [3.63, 3.8) is 0 Å². The molecule has 21 heavy (non-hydrogen) atoms. The fourth-order valence-electron chi connectivity index (χ4n) is 2.80. The maximum atomic E-state index is 5.59. The van der Waals surface area contributed by atoms with Gasteiger partial charge in [-0.3, -0.25) is 0 Å². The number of benzene rings is 1. The SMILES string of the molecule is CCCNC(=S)N1CCCC[C@@H]1c1nc2ccccc2s1. The number of piperidine rings is 1. The number of fused-ring (bicyclic) bond motifs is 1. The van der Waals surface area contributed by atoms with E-state index in [9.17, 15) is 0 Å². The van der Waals surface area contributed by atoms with Crippen molar-refractivity contribution in [3.05, 3.63) is 29.3 Å². The molecule has 0 saturated carbocycles. The van der Waals surface area contributed by atoms with Crippen LogP contribution in [-0.4, -0.2) is 28.1 Å². The third kappa shape index (κ3) is 3.19. The molecule has 2 aromatic rings. The van der Waals surface area contributed by atoms with Crippen LogP contribution in [0, 0.1) is 0 Å². The predicted molar refractivity (Wildman–Crippen MR) is 93.8 cm³/mol. The number of aromatic nitrogens is 1. The Labute approximate surface area is 135 Å². The number of hydrogen-bond donors (Lipinski definition) is 1. The van der Waals surface area contributed by atoms with Crippen molar-refractivity contribution in [2.75, 3.05) is 13.1 Å². The molecule has 1 aromatic heterocycles. The molecule has 0 radical (unpaired) electrons. The van der Waals surface area contributed by atoms with Gasteiger partial charge in [-0.25, -0.2) is 4.98 Å². The summed E-state index contributed by atoms with van der Waals surface area (Å²) in [5.41, 5.74) is 1.11. The Morgan fingerprint density at radius 1 is 1.43 bits per heavy atom. The Balaban J connectivity index is 1.84. The van der Waals surface area contributed by atoms with Crippen LogP contribution in [0.25, 0.3) is 10.2 Å². The highest BCUT2D eigenvalue weighted by atomic mass is 32.1. The molecule has 1 fully saturated rings. The normalized spacial score (nSPS) is 18.9. The first-order valence-electron chi connectivity index (χ1n) is 7.69. The van der Waals surface area contributed by atoms with Gasteiger partial charge in [0.1, 0.15) is 5.01 Å². The monoisotopic (exact) mass is 319 g/mol. The summed E-state index contributed by atoms with van der Waals surface area (Å²) in [7, 11) is 0. The summed E-state index contributed by atoms with van der Waals surface area (Å²) in [4.78, 5) is 7.18. The topological polar surface area (TPSA) is 28.2 Å². The Bertz CT molecular complexity index is 590. The van der Waals surface area contributed by atoms with Crippen molar-refractivity contribution < 1.29 is 0 Å². The summed E-state index contributed by atoms with van der Waals surface area (Å²) in [5, 5.41) is 5.46. The minimum Gasteiger partial charge on any atom is -0.363 e. The molecule has 1 saturated heterocycles. The molecule has 0 amide bonds. The highest BCUT2D eigenvalue weighted by Crippen LogP contribution is 2.35. The maximum absolute atomic E-state index is 5.59. The van der Waals surface area contributed by atoms with Crippen LogP contribution in [0.3, 0.4) is 0 Å². The fraction of sp³-hybridized carbons (Fsp3) is 0.500. The van der Waals surface area contributed by atoms with Gasteiger partial charge in [0.05, 0.1) is 16.3 Å². The van der Waals surface area contributed by atoms with Crippen LogP contribution in [-0.2, 0) is 0 Å². The molecule has 5 heteroatoms. The molecule has 0 aliphatic carbocycles. The Morgan fingerprint density at radius 2 is 2.29 bits per heavy atom. The average Bonchev–Trinajstić information content (AvgIpc) is 2.96. The average molecular weight is 319 g/mol. The molecule has 1 aliphatic rings. The molecular weight excluding hydrogens is 298 g/mol. The molecule has 0 bridgehead atoms. The maximum Gasteiger partial charge on any atom is 0.169 e. The number of nitrogens with zero attached hydrogens (tertiary/aromatic N) is 2. The highest BCUT2D eigenvalue weighted by Gasteiger charge is 2.28.